The molecule has 0 aliphatic rings. The van der Waals surface area contributed by atoms with Crippen molar-refractivity contribution in [2.45, 2.75) is 40.3 Å². The summed E-state index contributed by atoms with van der Waals surface area (Å²) in [4.78, 5) is 2.36. The van der Waals surface area contributed by atoms with E-state index in [0.29, 0.717) is 6.04 Å². The van der Waals surface area contributed by atoms with Gasteiger partial charge in [-0.2, -0.15) is 0 Å². The zero-order valence-electron chi connectivity index (χ0n) is 13.1. The smallest absolute Gasteiger partial charge is 0.133 e. The van der Waals surface area contributed by atoms with Crippen LogP contribution in [-0.2, 0) is 6.54 Å². The number of hydrogen-bond acceptors (Lipinski definition) is 3. The lowest BCUT2D eigenvalue weighted by Gasteiger charge is -2.18. The summed E-state index contributed by atoms with van der Waals surface area (Å²) >= 11 is 3.59. The molecule has 3 nitrogen and oxygen atoms in total. The second kappa shape index (κ2) is 9.37. The third kappa shape index (κ3) is 6.25. The van der Waals surface area contributed by atoms with E-state index >= 15 is 0 Å². The van der Waals surface area contributed by atoms with Crippen molar-refractivity contribution in [1.82, 2.24) is 10.2 Å². The second-order valence-corrected chi connectivity index (χ2v) is 6.03. The Morgan fingerprint density at radius 1 is 1.25 bits per heavy atom. The molecule has 0 aliphatic heterocycles. The van der Waals surface area contributed by atoms with E-state index in [0.717, 1.165) is 43.0 Å². The number of halogens is 1. The minimum Gasteiger partial charge on any atom is -0.491 e. The predicted octanol–water partition coefficient (Wildman–Crippen LogP) is 3.67. The summed E-state index contributed by atoms with van der Waals surface area (Å²) in [5.74, 6) is 0.922. The fraction of sp³-hybridized carbons (Fsp3) is 0.625. The largest absolute Gasteiger partial charge is 0.491 e. The molecule has 4 heteroatoms. The molecule has 0 amide bonds. The number of rotatable bonds is 9. The molecule has 114 valence electrons. The zero-order chi connectivity index (χ0) is 15.0. The molecule has 0 fully saturated rings. The molecule has 1 aromatic rings. The summed E-state index contributed by atoms with van der Waals surface area (Å²) in [6.07, 6.45) is 0. The Kier molecular flexibility index (Phi) is 8.19. The number of ether oxygens (including phenoxy) is 1. The molecule has 0 atom stereocenters. The van der Waals surface area contributed by atoms with Crippen molar-refractivity contribution >= 4 is 15.9 Å². The van der Waals surface area contributed by atoms with Gasteiger partial charge in [-0.1, -0.05) is 33.8 Å². The number of likely N-dealkylation sites (N-methyl/N-ethyl adjacent to an activating group) is 1. The molecular formula is C16H27BrN2O. The summed E-state index contributed by atoms with van der Waals surface area (Å²) < 4.78 is 6.87. The van der Waals surface area contributed by atoms with Gasteiger partial charge in [-0.25, -0.2) is 0 Å². The molecule has 20 heavy (non-hydrogen) atoms. The number of hydrogen-bond donors (Lipinski definition) is 1. The topological polar surface area (TPSA) is 24.5 Å². The van der Waals surface area contributed by atoms with Crippen molar-refractivity contribution < 1.29 is 4.74 Å². The maximum absolute atomic E-state index is 5.84. The standard InChI is InChI=1S/C16H27BrN2O/c1-5-19(6-2)9-10-20-16-8-7-14(11-15(16)17)12-18-13(3)4/h7-8,11,13,18H,5-6,9-10,12H2,1-4H3. The molecule has 0 aromatic heterocycles. The van der Waals surface area contributed by atoms with E-state index in [2.05, 4.69) is 66.0 Å². The molecule has 0 spiro atoms. The molecule has 0 saturated carbocycles. The van der Waals surface area contributed by atoms with Gasteiger partial charge in [0.2, 0.25) is 0 Å². The highest BCUT2D eigenvalue weighted by Crippen LogP contribution is 2.26. The first kappa shape index (κ1) is 17.5. The van der Waals surface area contributed by atoms with Crippen LogP contribution < -0.4 is 10.1 Å². The van der Waals surface area contributed by atoms with Crippen LogP contribution in [0.3, 0.4) is 0 Å². The molecule has 0 heterocycles. The van der Waals surface area contributed by atoms with E-state index in [1.54, 1.807) is 0 Å². The molecule has 0 aliphatic carbocycles. The van der Waals surface area contributed by atoms with Crippen molar-refractivity contribution in [2.24, 2.45) is 0 Å². The Hall–Kier alpha value is -0.580. The highest BCUT2D eigenvalue weighted by atomic mass is 79.9. The van der Waals surface area contributed by atoms with Gasteiger partial charge in [-0.3, -0.25) is 0 Å². The molecule has 0 bridgehead atoms. The average Bonchev–Trinajstić information content (AvgIpc) is 2.43. The van der Waals surface area contributed by atoms with E-state index in [1.165, 1.54) is 5.56 Å². The van der Waals surface area contributed by atoms with E-state index in [-0.39, 0.29) is 0 Å². The minimum atomic E-state index is 0.499. The van der Waals surface area contributed by atoms with Gasteiger partial charge in [0.1, 0.15) is 12.4 Å². The first-order valence-corrected chi connectivity index (χ1v) is 8.23. The summed E-state index contributed by atoms with van der Waals surface area (Å²) in [6, 6.07) is 6.79. The van der Waals surface area contributed by atoms with Crippen LogP contribution in [0.2, 0.25) is 0 Å². The van der Waals surface area contributed by atoms with Gasteiger partial charge >= 0.3 is 0 Å². The second-order valence-electron chi connectivity index (χ2n) is 5.18. The Morgan fingerprint density at radius 3 is 2.50 bits per heavy atom. The third-order valence-electron chi connectivity index (χ3n) is 3.27. The Balaban J connectivity index is 2.47. The number of nitrogens with zero attached hydrogens (tertiary/aromatic N) is 1. The van der Waals surface area contributed by atoms with Gasteiger partial charge in [-0.05, 0) is 46.7 Å². The van der Waals surface area contributed by atoms with E-state index in [1.807, 2.05) is 6.07 Å². The van der Waals surface area contributed by atoms with Gasteiger partial charge in [-0.15, -0.1) is 0 Å². The van der Waals surface area contributed by atoms with E-state index < -0.39 is 0 Å². The summed E-state index contributed by atoms with van der Waals surface area (Å²) in [5.41, 5.74) is 1.27. The van der Waals surface area contributed by atoms with Crippen molar-refractivity contribution in [3.05, 3.63) is 28.2 Å². The van der Waals surface area contributed by atoms with Crippen LogP contribution in [0.25, 0.3) is 0 Å². The zero-order valence-corrected chi connectivity index (χ0v) is 14.7. The Bertz CT molecular complexity index is 392. The maximum Gasteiger partial charge on any atom is 0.133 e. The van der Waals surface area contributed by atoms with Gasteiger partial charge < -0.3 is 15.0 Å². The Morgan fingerprint density at radius 2 is 1.95 bits per heavy atom. The molecule has 0 radical (unpaired) electrons. The lowest BCUT2D eigenvalue weighted by Crippen LogP contribution is -2.27. The van der Waals surface area contributed by atoms with Crippen LogP contribution in [-0.4, -0.2) is 37.2 Å². The van der Waals surface area contributed by atoms with Crippen LogP contribution in [0, 0.1) is 0 Å². The summed E-state index contributed by atoms with van der Waals surface area (Å²) in [6.45, 7) is 13.4. The third-order valence-corrected chi connectivity index (χ3v) is 3.89. The van der Waals surface area contributed by atoms with E-state index in [9.17, 15) is 0 Å². The lowest BCUT2D eigenvalue weighted by molar-refractivity contribution is 0.222. The first-order valence-electron chi connectivity index (χ1n) is 7.43. The highest BCUT2D eigenvalue weighted by molar-refractivity contribution is 9.10. The Labute approximate surface area is 131 Å². The molecule has 1 aromatic carbocycles. The van der Waals surface area contributed by atoms with Crippen molar-refractivity contribution in [1.29, 1.82) is 0 Å². The SMILES string of the molecule is CCN(CC)CCOc1ccc(CNC(C)C)cc1Br. The molecule has 0 unspecified atom stereocenters. The maximum atomic E-state index is 5.84. The van der Waals surface area contributed by atoms with Crippen LogP contribution in [0.4, 0.5) is 0 Å². The first-order chi connectivity index (χ1) is 9.56. The monoisotopic (exact) mass is 342 g/mol. The quantitative estimate of drug-likeness (QED) is 0.740. The molecular weight excluding hydrogens is 316 g/mol. The highest BCUT2D eigenvalue weighted by Gasteiger charge is 2.05. The lowest BCUT2D eigenvalue weighted by atomic mass is 10.2. The van der Waals surface area contributed by atoms with Gasteiger partial charge in [0, 0.05) is 19.1 Å². The van der Waals surface area contributed by atoms with Gasteiger partial charge in [0.05, 0.1) is 4.47 Å². The normalized spacial score (nSPS) is 11.3. The summed E-state index contributed by atoms with van der Waals surface area (Å²) in [5, 5.41) is 3.41. The molecule has 1 rings (SSSR count). The molecule has 0 saturated heterocycles. The van der Waals surface area contributed by atoms with Crippen LogP contribution in [0.15, 0.2) is 22.7 Å². The van der Waals surface area contributed by atoms with E-state index in [4.69, 9.17) is 4.74 Å². The van der Waals surface area contributed by atoms with Crippen LogP contribution >= 0.6 is 15.9 Å². The number of benzene rings is 1. The molecule has 1 N–H and O–H groups in total. The average molecular weight is 343 g/mol. The fourth-order valence-corrected chi connectivity index (χ4v) is 2.46. The van der Waals surface area contributed by atoms with Crippen LogP contribution in [0.5, 0.6) is 5.75 Å². The van der Waals surface area contributed by atoms with Gasteiger partial charge in [0.15, 0.2) is 0 Å². The predicted molar refractivity (Wildman–Crippen MR) is 89.4 cm³/mol. The van der Waals surface area contributed by atoms with Gasteiger partial charge in [0.25, 0.3) is 0 Å². The fourth-order valence-electron chi connectivity index (χ4n) is 1.92. The summed E-state index contributed by atoms with van der Waals surface area (Å²) in [7, 11) is 0. The minimum absolute atomic E-state index is 0.499. The number of nitrogens with one attached hydrogen (secondary N) is 1. The van der Waals surface area contributed by atoms with Crippen molar-refractivity contribution in [3.63, 3.8) is 0 Å². The van der Waals surface area contributed by atoms with Crippen molar-refractivity contribution in [3.8, 4) is 5.75 Å². The van der Waals surface area contributed by atoms with Crippen LogP contribution in [0.1, 0.15) is 33.3 Å². The van der Waals surface area contributed by atoms with Crippen molar-refractivity contribution in [2.75, 3.05) is 26.2 Å².